The summed E-state index contributed by atoms with van der Waals surface area (Å²) in [6.07, 6.45) is 0. The molecule has 0 aliphatic rings. The van der Waals surface area contributed by atoms with Crippen LogP contribution in [0.5, 0.6) is 23.1 Å². The topological polar surface area (TPSA) is 106 Å². The molecule has 0 saturated carbocycles. The molecule has 0 saturated heterocycles. The fraction of sp³-hybridized carbons (Fsp3) is 0.211. The molecule has 0 unspecified atom stereocenters. The fourth-order valence-corrected chi connectivity index (χ4v) is 3.31. The number of azo groups is 1. The molecule has 0 spiro atoms. The van der Waals surface area contributed by atoms with Gasteiger partial charge in [0.15, 0.2) is 17.2 Å². The molecule has 2 N–H and O–H groups in total. The number of amides is 1. The van der Waals surface area contributed by atoms with E-state index in [0.717, 1.165) is 10.0 Å². The van der Waals surface area contributed by atoms with Crippen molar-refractivity contribution in [3.8, 4) is 23.1 Å². The van der Waals surface area contributed by atoms with Gasteiger partial charge in [0.25, 0.3) is 5.91 Å². The number of aromatic amines is 1. The molecular formula is C19H18BrN3O5. The molecule has 0 fully saturated rings. The van der Waals surface area contributed by atoms with E-state index in [2.05, 4.69) is 31.1 Å². The molecule has 1 aromatic heterocycles. The lowest BCUT2D eigenvalue weighted by molar-refractivity contribution is 0.0994. The van der Waals surface area contributed by atoms with E-state index in [4.69, 9.17) is 14.2 Å². The predicted octanol–water partition coefficient (Wildman–Crippen LogP) is 4.89. The minimum atomic E-state index is -0.628. The first-order chi connectivity index (χ1) is 13.4. The van der Waals surface area contributed by atoms with Gasteiger partial charge >= 0.3 is 0 Å². The Bertz CT molecular complexity index is 1070. The van der Waals surface area contributed by atoms with Crippen molar-refractivity contribution in [3.63, 3.8) is 0 Å². The van der Waals surface area contributed by atoms with E-state index >= 15 is 0 Å². The fourth-order valence-electron chi connectivity index (χ4n) is 2.78. The second-order valence-electron chi connectivity index (χ2n) is 5.86. The molecule has 28 heavy (non-hydrogen) atoms. The van der Waals surface area contributed by atoms with Gasteiger partial charge in [-0.15, -0.1) is 10.2 Å². The molecule has 0 atom stereocenters. The molecule has 1 amide bonds. The first-order valence-electron chi connectivity index (χ1n) is 8.17. The number of nitrogens with zero attached hydrogens (tertiary/aromatic N) is 2. The number of fused-ring (bicyclic) bond motifs is 1. The summed E-state index contributed by atoms with van der Waals surface area (Å²) in [5, 5.41) is 18.5. The van der Waals surface area contributed by atoms with Crippen molar-refractivity contribution in [2.24, 2.45) is 10.2 Å². The van der Waals surface area contributed by atoms with E-state index in [1.54, 1.807) is 0 Å². The van der Waals surface area contributed by atoms with E-state index < -0.39 is 5.91 Å². The van der Waals surface area contributed by atoms with Crippen molar-refractivity contribution in [2.45, 2.75) is 6.92 Å². The third-order valence-electron chi connectivity index (χ3n) is 4.20. The second kappa shape index (κ2) is 7.89. The number of nitrogens with one attached hydrogen (secondary N) is 1. The highest BCUT2D eigenvalue weighted by Gasteiger charge is 2.18. The number of aryl methyl sites for hydroxylation is 1. The van der Waals surface area contributed by atoms with Crippen LogP contribution in [-0.2, 0) is 0 Å². The maximum Gasteiger partial charge on any atom is 0.295 e. The average Bonchev–Trinajstić information content (AvgIpc) is 3.03. The van der Waals surface area contributed by atoms with Gasteiger partial charge in [0.05, 0.1) is 32.4 Å². The zero-order valence-corrected chi connectivity index (χ0v) is 17.2. The molecular weight excluding hydrogens is 430 g/mol. The SMILES string of the molecule is COc1cc(C(=O)N=Nc2c(O)[nH]c3ccc(C)c(Br)c23)cc(OC)c1OC. The largest absolute Gasteiger partial charge is 0.493 e. The first kappa shape index (κ1) is 19.7. The Balaban J connectivity index is 2.02. The lowest BCUT2D eigenvalue weighted by Crippen LogP contribution is -2.00. The lowest BCUT2D eigenvalue weighted by atomic mass is 10.1. The number of aromatic hydroxyl groups is 1. The highest BCUT2D eigenvalue weighted by Crippen LogP contribution is 2.41. The molecule has 0 radical (unpaired) electrons. The number of rotatable bonds is 5. The summed E-state index contributed by atoms with van der Waals surface area (Å²) >= 11 is 3.49. The maximum absolute atomic E-state index is 12.6. The summed E-state index contributed by atoms with van der Waals surface area (Å²) in [7, 11) is 4.38. The van der Waals surface area contributed by atoms with Crippen LogP contribution in [-0.4, -0.2) is 37.3 Å². The standard InChI is InChI=1S/C19H18BrN3O5/c1-9-5-6-11-14(15(9)20)16(19(25)21-11)22-23-18(24)10-7-12(26-2)17(28-4)13(8-10)27-3/h5-8,21,25H,1-4H3. The summed E-state index contributed by atoms with van der Waals surface area (Å²) in [6, 6.07) is 6.68. The van der Waals surface area contributed by atoms with Crippen LogP contribution in [0.4, 0.5) is 5.69 Å². The molecule has 146 valence electrons. The van der Waals surface area contributed by atoms with E-state index in [1.165, 1.54) is 33.5 Å². The smallest absolute Gasteiger partial charge is 0.295 e. The van der Waals surface area contributed by atoms with E-state index in [1.807, 2.05) is 19.1 Å². The van der Waals surface area contributed by atoms with Crippen LogP contribution < -0.4 is 14.2 Å². The summed E-state index contributed by atoms with van der Waals surface area (Å²) in [4.78, 5) is 15.4. The van der Waals surface area contributed by atoms with Gasteiger partial charge < -0.3 is 24.3 Å². The average molecular weight is 448 g/mol. The van der Waals surface area contributed by atoms with Crippen LogP contribution in [0.3, 0.4) is 0 Å². The van der Waals surface area contributed by atoms with Gasteiger partial charge in [0.1, 0.15) is 0 Å². The van der Waals surface area contributed by atoms with Crippen molar-refractivity contribution in [2.75, 3.05) is 21.3 Å². The number of hydrogen-bond acceptors (Lipinski definition) is 6. The molecule has 8 nitrogen and oxygen atoms in total. The number of aromatic nitrogens is 1. The summed E-state index contributed by atoms with van der Waals surface area (Å²) in [5.41, 5.74) is 2.00. The molecule has 3 rings (SSSR count). The highest BCUT2D eigenvalue weighted by atomic mass is 79.9. The van der Waals surface area contributed by atoms with E-state index in [0.29, 0.717) is 28.2 Å². The van der Waals surface area contributed by atoms with Gasteiger partial charge in [0, 0.05) is 9.86 Å². The number of H-pyrrole nitrogens is 1. The van der Waals surface area contributed by atoms with Crippen molar-refractivity contribution in [3.05, 3.63) is 39.9 Å². The van der Waals surface area contributed by atoms with Crippen molar-refractivity contribution in [1.82, 2.24) is 4.98 Å². The minimum absolute atomic E-state index is 0.173. The molecule has 9 heteroatoms. The number of ether oxygens (including phenoxy) is 3. The van der Waals surface area contributed by atoms with Crippen molar-refractivity contribution >= 4 is 38.4 Å². The molecule has 0 bridgehead atoms. The van der Waals surface area contributed by atoms with Crippen LogP contribution in [0.15, 0.2) is 39.0 Å². The predicted molar refractivity (Wildman–Crippen MR) is 107 cm³/mol. The third-order valence-corrected chi connectivity index (χ3v) is 5.22. The van der Waals surface area contributed by atoms with Crippen LogP contribution in [0.2, 0.25) is 0 Å². The molecule has 3 aromatic rings. The number of halogens is 1. The lowest BCUT2D eigenvalue weighted by Gasteiger charge is -2.12. The van der Waals surface area contributed by atoms with Crippen LogP contribution >= 0.6 is 15.9 Å². The van der Waals surface area contributed by atoms with Crippen molar-refractivity contribution in [1.29, 1.82) is 0 Å². The number of methoxy groups -OCH3 is 3. The Hall–Kier alpha value is -3.07. The highest BCUT2D eigenvalue weighted by molar-refractivity contribution is 9.10. The van der Waals surface area contributed by atoms with Gasteiger partial charge in [-0.1, -0.05) is 6.07 Å². The van der Waals surface area contributed by atoms with Crippen LogP contribution in [0, 0.1) is 6.92 Å². The third kappa shape index (κ3) is 3.40. The summed E-state index contributed by atoms with van der Waals surface area (Å²) in [5.74, 6) is 0.217. The second-order valence-corrected chi connectivity index (χ2v) is 6.65. The van der Waals surface area contributed by atoms with Crippen LogP contribution in [0.1, 0.15) is 15.9 Å². The Labute approximate surface area is 169 Å². The Morgan fingerprint density at radius 3 is 2.32 bits per heavy atom. The van der Waals surface area contributed by atoms with E-state index in [-0.39, 0.29) is 17.1 Å². The quantitative estimate of drug-likeness (QED) is 0.541. The van der Waals surface area contributed by atoms with Gasteiger partial charge in [-0.3, -0.25) is 4.79 Å². The Morgan fingerprint density at radius 1 is 1.11 bits per heavy atom. The van der Waals surface area contributed by atoms with Gasteiger partial charge in [-0.05, 0) is 46.6 Å². The number of hydrogen-bond donors (Lipinski definition) is 2. The Kier molecular flexibility index (Phi) is 5.55. The molecule has 1 heterocycles. The van der Waals surface area contributed by atoms with Crippen molar-refractivity contribution < 1.29 is 24.1 Å². The number of benzene rings is 2. The minimum Gasteiger partial charge on any atom is -0.493 e. The summed E-state index contributed by atoms with van der Waals surface area (Å²) < 4.78 is 16.5. The number of carbonyl (C=O) groups excluding carboxylic acids is 1. The zero-order valence-electron chi connectivity index (χ0n) is 15.7. The Morgan fingerprint density at radius 2 is 1.75 bits per heavy atom. The molecule has 0 aliphatic carbocycles. The summed E-state index contributed by atoms with van der Waals surface area (Å²) in [6.45, 7) is 1.91. The zero-order chi connectivity index (χ0) is 20.4. The van der Waals surface area contributed by atoms with Gasteiger partial charge in [-0.25, -0.2) is 0 Å². The first-order valence-corrected chi connectivity index (χ1v) is 8.96. The van der Waals surface area contributed by atoms with Crippen LogP contribution in [0.25, 0.3) is 10.9 Å². The number of carbonyl (C=O) groups is 1. The maximum atomic E-state index is 12.6. The normalized spacial score (nSPS) is 11.2. The van der Waals surface area contributed by atoms with Gasteiger partial charge in [0.2, 0.25) is 11.6 Å². The molecule has 0 aliphatic heterocycles. The molecule has 2 aromatic carbocycles. The van der Waals surface area contributed by atoms with E-state index in [9.17, 15) is 9.90 Å². The van der Waals surface area contributed by atoms with Gasteiger partial charge in [-0.2, -0.15) is 0 Å². The monoisotopic (exact) mass is 447 g/mol.